The SMILES string of the molecule is Cc1ccc(S(=O)(=O)N2C[C@@H](C)N(C(=O)CCl)[C@H]2C(C)C)cc1. The second-order valence-electron chi connectivity index (χ2n) is 6.33. The second kappa shape index (κ2) is 6.79. The maximum absolute atomic E-state index is 13.0. The summed E-state index contributed by atoms with van der Waals surface area (Å²) in [6, 6.07) is 6.57. The van der Waals surface area contributed by atoms with Crippen LogP contribution < -0.4 is 0 Å². The molecule has 5 nitrogen and oxygen atoms in total. The van der Waals surface area contributed by atoms with Gasteiger partial charge in [-0.05, 0) is 31.9 Å². The molecule has 1 aliphatic rings. The van der Waals surface area contributed by atoms with Crippen LogP contribution in [0.3, 0.4) is 0 Å². The number of alkyl halides is 1. The van der Waals surface area contributed by atoms with E-state index in [1.165, 1.54) is 4.31 Å². The third kappa shape index (κ3) is 3.39. The summed E-state index contributed by atoms with van der Waals surface area (Å²) in [4.78, 5) is 14.0. The van der Waals surface area contributed by atoms with E-state index in [0.29, 0.717) is 0 Å². The molecule has 1 amide bonds. The molecule has 0 aromatic heterocycles. The number of carbonyl (C=O) groups excluding carboxylic acids is 1. The minimum Gasteiger partial charge on any atom is -0.321 e. The van der Waals surface area contributed by atoms with Gasteiger partial charge in [-0.15, -0.1) is 11.6 Å². The van der Waals surface area contributed by atoms with Gasteiger partial charge in [0.25, 0.3) is 0 Å². The van der Waals surface area contributed by atoms with Crippen LogP contribution in [0, 0.1) is 12.8 Å². The molecule has 7 heteroatoms. The lowest BCUT2D eigenvalue weighted by atomic mass is 10.1. The van der Waals surface area contributed by atoms with Gasteiger partial charge >= 0.3 is 0 Å². The first-order valence-corrected chi connectivity index (χ1v) is 9.63. The Labute approximate surface area is 143 Å². The Morgan fingerprint density at radius 3 is 2.35 bits per heavy atom. The Morgan fingerprint density at radius 1 is 1.30 bits per heavy atom. The van der Waals surface area contributed by atoms with E-state index in [-0.39, 0.29) is 35.2 Å². The van der Waals surface area contributed by atoms with Crippen molar-refractivity contribution in [2.24, 2.45) is 5.92 Å². The van der Waals surface area contributed by atoms with Crippen molar-refractivity contribution in [2.75, 3.05) is 12.4 Å². The van der Waals surface area contributed by atoms with Gasteiger partial charge in [0.2, 0.25) is 15.9 Å². The summed E-state index contributed by atoms with van der Waals surface area (Å²) in [5.41, 5.74) is 0.998. The minimum absolute atomic E-state index is 0.0349. The Morgan fingerprint density at radius 2 is 1.87 bits per heavy atom. The molecular formula is C16H23ClN2O3S. The molecule has 1 aliphatic heterocycles. The van der Waals surface area contributed by atoms with Crippen LogP contribution in [-0.4, -0.2) is 48.2 Å². The van der Waals surface area contributed by atoms with Crippen LogP contribution >= 0.6 is 11.6 Å². The molecule has 0 radical (unpaired) electrons. The fourth-order valence-corrected chi connectivity index (χ4v) is 4.99. The first kappa shape index (κ1) is 18.2. The molecule has 1 fully saturated rings. The van der Waals surface area contributed by atoms with Gasteiger partial charge in [0, 0.05) is 12.6 Å². The van der Waals surface area contributed by atoms with Crippen molar-refractivity contribution in [3.05, 3.63) is 29.8 Å². The molecule has 1 aromatic carbocycles. The number of amides is 1. The van der Waals surface area contributed by atoms with Crippen LogP contribution in [0.5, 0.6) is 0 Å². The molecule has 0 bridgehead atoms. The van der Waals surface area contributed by atoms with Gasteiger partial charge in [0.15, 0.2) is 0 Å². The van der Waals surface area contributed by atoms with Gasteiger partial charge in [-0.25, -0.2) is 8.42 Å². The van der Waals surface area contributed by atoms with Gasteiger partial charge in [-0.1, -0.05) is 31.5 Å². The van der Waals surface area contributed by atoms with E-state index in [0.717, 1.165) is 5.56 Å². The van der Waals surface area contributed by atoms with Crippen molar-refractivity contribution in [3.8, 4) is 0 Å². The van der Waals surface area contributed by atoms with E-state index >= 15 is 0 Å². The van der Waals surface area contributed by atoms with Gasteiger partial charge in [-0.2, -0.15) is 4.31 Å². The summed E-state index contributed by atoms with van der Waals surface area (Å²) in [6.45, 7) is 7.86. The molecule has 1 saturated heterocycles. The number of rotatable bonds is 4. The fraction of sp³-hybridized carbons (Fsp3) is 0.562. The van der Waals surface area contributed by atoms with E-state index in [2.05, 4.69) is 0 Å². The summed E-state index contributed by atoms with van der Waals surface area (Å²) < 4.78 is 27.5. The van der Waals surface area contributed by atoms with Crippen LogP contribution in [0.2, 0.25) is 0 Å². The molecule has 1 heterocycles. The highest BCUT2D eigenvalue weighted by molar-refractivity contribution is 7.89. The van der Waals surface area contributed by atoms with E-state index in [9.17, 15) is 13.2 Å². The summed E-state index contributed by atoms with van der Waals surface area (Å²) in [7, 11) is -3.66. The van der Waals surface area contributed by atoms with Crippen LogP contribution in [0.25, 0.3) is 0 Å². The monoisotopic (exact) mass is 358 g/mol. The molecule has 0 saturated carbocycles. The zero-order chi connectivity index (χ0) is 17.4. The smallest absolute Gasteiger partial charge is 0.244 e. The predicted octanol–water partition coefficient (Wildman–Crippen LogP) is 2.44. The normalized spacial score (nSPS) is 22.8. The molecule has 2 rings (SSSR count). The number of hydrogen-bond donors (Lipinski definition) is 0. The number of benzene rings is 1. The van der Waals surface area contributed by atoms with Crippen LogP contribution in [0.4, 0.5) is 0 Å². The lowest BCUT2D eigenvalue weighted by Gasteiger charge is -2.33. The van der Waals surface area contributed by atoms with Crippen molar-refractivity contribution in [1.29, 1.82) is 0 Å². The maximum atomic E-state index is 13.0. The average molecular weight is 359 g/mol. The number of hydrogen-bond acceptors (Lipinski definition) is 3. The summed E-state index contributed by atoms with van der Waals surface area (Å²) in [6.07, 6.45) is -0.512. The van der Waals surface area contributed by atoms with E-state index in [1.54, 1.807) is 29.2 Å². The fourth-order valence-electron chi connectivity index (χ4n) is 3.06. The van der Waals surface area contributed by atoms with Crippen LogP contribution in [0.15, 0.2) is 29.2 Å². The molecule has 0 unspecified atom stereocenters. The summed E-state index contributed by atoms with van der Waals surface area (Å²) in [5, 5.41) is 0. The number of carbonyl (C=O) groups is 1. The lowest BCUT2D eigenvalue weighted by molar-refractivity contribution is -0.132. The average Bonchev–Trinajstić information content (AvgIpc) is 2.85. The predicted molar refractivity (Wildman–Crippen MR) is 90.7 cm³/mol. The van der Waals surface area contributed by atoms with Crippen LogP contribution in [-0.2, 0) is 14.8 Å². The third-order valence-electron chi connectivity index (χ3n) is 4.13. The minimum atomic E-state index is -3.66. The molecule has 0 aliphatic carbocycles. The molecule has 2 atom stereocenters. The number of halogens is 1. The zero-order valence-electron chi connectivity index (χ0n) is 13.9. The summed E-state index contributed by atoms with van der Waals surface area (Å²) >= 11 is 5.70. The van der Waals surface area contributed by atoms with Crippen molar-refractivity contribution < 1.29 is 13.2 Å². The lowest BCUT2D eigenvalue weighted by Crippen LogP contribution is -2.49. The molecule has 0 N–H and O–H groups in total. The Balaban J connectivity index is 2.44. The Hall–Kier alpha value is -1.11. The highest BCUT2D eigenvalue weighted by Gasteiger charge is 2.47. The second-order valence-corrected chi connectivity index (χ2v) is 8.49. The maximum Gasteiger partial charge on any atom is 0.244 e. The molecule has 1 aromatic rings. The van der Waals surface area contributed by atoms with E-state index in [4.69, 9.17) is 11.6 Å². The molecular weight excluding hydrogens is 336 g/mol. The van der Waals surface area contributed by atoms with Gasteiger partial charge in [-0.3, -0.25) is 4.79 Å². The van der Waals surface area contributed by atoms with Crippen molar-refractivity contribution in [2.45, 2.75) is 44.8 Å². The van der Waals surface area contributed by atoms with Crippen molar-refractivity contribution in [3.63, 3.8) is 0 Å². The van der Waals surface area contributed by atoms with Crippen molar-refractivity contribution in [1.82, 2.24) is 9.21 Å². The van der Waals surface area contributed by atoms with Crippen molar-refractivity contribution >= 4 is 27.5 Å². The number of aryl methyl sites for hydroxylation is 1. The molecule has 128 valence electrons. The van der Waals surface area contributed by atoms with Gasteiger partial charge in [0.1, 0.15) is 12.0 Å². The third-order valence-corrected chi connectivity index (χ3v) is 6.20. The topological polar surface area (TPSA) is 57.7 Å². The Bertz CT molecular complexity index is 673. The quantitative estimate of drug-likeness (QED) is 0.777. The summed E-state index contributed by atoms with van der Waals surface area (Å²) in [5.74, 6) is -0.418. The molecule has 23 heavy (non-hydrogen) atoms. The van der Waals surface area contributed by atoms with Gasteiger partial charge in [0.05, 0.1) is 4.90 Å². The number of sulfonamides is 1. The van der Waals surface area contributed by atoms with E-state index in [1.807, 2.05) is 27.7 Å². The standard InChI is InChI=1S/C16H23ClN2O3S/c1-11(2)16-18(10-13(4)19(16)15(20)9-17)23(21,22)14-7-5-12(3)6-8-14/h5-8,11,13,16H,9-10H2,1-4H3/t13-,16+/m1/s1. The first-order valence-electron chi connectivity index (χ1n) is 7.65. The highest BCUT2D eigenvalue weighted by Crippen LogP contribution is 2.32. The first-order chi connectivity index (χ1) is 10.7. The largest absolute Gasteiger partial charge is 0.321 e. The highest BCUT2D eigenvalue weighted by atomic mass is 35.5. The van der Waals surface area contributed by atoms with E-state index < -0.39 is 16.2 Å². The van der Waals surface area contributed by atoms with Gasteiger partial charge < -0.3 is 4.90 Å². The number of nitrogens with zero attached hydrogens (tertiary/aromatic N) is 2. The molecule has 0 spiro atoms. The van der Waals surface area contributed by atoms with Crippen LogP contribution in [0.1, 0.15) is 26.3 Å². The zero-order valence-corrected chi connectivity index (χ0v) is 15.4. The Kier molecular flexibility index (Phi) is 5.38.